The second kappa shape index (κ2) is 8.92. The van der Waals surface area contributed by atoms with Crippen molar-refractivity contribution in [2.24, 2.45) is 0 Å². The lowest BCUT2D eigenvalue weighted by Crippen LogP contribution is -2.36. The molecule has 0 aliphatic carbocycles. The van der Waals surface area contributed by atoms with Gasteiger partial charge in [-0.1, -0.05) is 36.4 Å². The molecule has 1 fully saturated rings. The van der Waals surface area contributed by atoms with Crippen LogP contribution in [0.25, 0.3) is 0 Å². The first-order chi connectivity index (χ1) is 12.2. The van der Waals surface area contributed by atoms with Gasteiger partial charge in [0, 0.05) is 29.8 Å². The van der Waals surface area contributed by atoms with Crippen molar-refractivity contribution in [1.82, 2.24) is 10.2 Å². The molecule has 132 valence electrons. The van der Waals surface area contributed by atoms with Crippen LogP contribution in [0.2, 0.25) is 0 Å². The Morgan fingerprint density at radius 2 is 1.80 bits per heavy atom. The van der Waals surface area contributed by atoms with Crippen LogP contribution < -0.4 is 5.32 Å². The summed E-state index contributed by atoms with van der Waals surface area (Å²) >= 11 is 1.74. The van der Waals surface area contributed by atoms with E-state index in [2.05, 4.69) is 27.7 Å². The minimum atomic E-state index is -0.0509. The van der Waals surface area contributed by atoms with Gasteiger partial charge in [-0.15, -0.1) is 11.3 Å². The molecule has 1 aromatic carbocycles. The maximum Gasteiger partial charge on any atom is 0.220 e. The van der Waals surface area contributed by atoms with Gasteiger partial charge in [0.15, 0.2) is 5.78 Å². The number of benzene rings is 1. The van der Waals surface area contributed by atoms with Crippen LogP contribution in [-0.4, -0.2) is 36.2 Å². The number of amides is 1. The zero-order valence-electron chi connectivity index (χ0n) is 14.3. The van der Waals surface area contributed by atoms with Gasteiger partial charge in [0.25, 0.3) is 0 Å². The first-order valence-electron chi connectivity index (χ1n) is 8.86. The summed E-state index contributed by atoms with van der Waals surface area (Å²) in [6.45, 7) is 2.79. The lowest BCUT2D eigenvalue weighted by Gasteiger charge is -2.26. The highest BCUT2D eigenvalue weighted by molar-refractivity contribution is 7.10. The first-order valence-corrected chi connectivity index (χ1v) is 9.74. The Bertz CT molecular complexity index is 679. The molecule has 0 saturated carbocycles. The number of nitrogens with zero attached hydrogens (tertiary/aromatic N) is 1. The summed E-state index contributed by atoms with van der Waals surface area (Å²) in [5.41, 5.74) is 0.670. The van der Waals surface area contributed by atoms with Gasteiger partial charge in [-0.3, -0.25) is 14.5 Å². The van der Waals surface area contributed by atoms with Crippen LogP contribution in [0.1, 0.15) is 47.0 Å². The lowest BCUT2D eigenvalue weighted by atomic mass is 10.1. The van der Waals surface area contributed by atoms with Crippen LogP contribution in [0.5, 0.6) is 0 Å². The highest BCUT2D eigenvalue weighted by Gasteiger charge is 2.24. The zero-order chi connectivity index (χ0) is 17.5. The lowest BCUT2D eigenvalue weighted by molar-refractivity contribution is -0.121. The van der Waals surface area contributed by atoms with Gasteiger partial charge in [-0.25, -0.2) is 0 Å². The fourth-order valence-electron chi connectivity index (χ4n) is 3.24. The molecule has 1 aliphatic rings. The Labute approximate surface area is 152 Å². The molecule has 1 N–H and O–H groups in total. The van der Waals surface area contributed by atoms with Crippen molar-refractivity contribution < 1.29 is 9.59 Å². The van der Waals surface area contributed by atoms with Crippen molar-refractivity contribution >= 4 is 23.0 Å². The van der Waals surface area contributed by atoms with Gasteiger partial charge in [0.1, 0.15) is 0 Å². The molecule has 1 saturated heterocycles. The Balaban J connectivity index is 1.49. The van der Waals surface area contributed by atoms with Crippen LogP contribution in [0.15, 0.2) is 47.8 Å². The number of carbonyl (C=O) groups is 2. The van der Waals surface area contributed by atoms with Crippen LogP contribution in [-0.2, 0) is 4.79 Å². The molecule has 0 radical (unpaired) electrons. The number of hydrogen-bond acceptors (Lipinski definition) is 4. The largest absolute Gasteiger partial charge is 0.354 e. The molecule has 1 unspecified atom stereocenters. The Hall–Kier alpha value is -1.98. The third-order valence-electron chi connectivity index (χ3n) is 4.62. The summed E-state index contributed by atoms with van der Waals surface area (Å²) in [6.07, 6.45) is 2.94. The normalized spacial score (nSPS) is 15.8. The van der Waals surface area contributed by atoms with E-state index < -0.39 is 0 Å². The van der Waals surface area contributed by atoms with Crippen molar-refractivity contribution in [2.45, 2.75) is 31.7 Å². The molecule has 3 rings (SSSR count). The highest BCUT2D eigenvalue weighted by Crippen LogP contribution is 2.27. The molecule has 1 aliphatic heterocycles. The van der Waals surface area contributed by atoms with E-state index in [1.807, 2.05) is 18.2 Å². The highest BCUT2D eigenvalue weighted by atomic mass is 32.1. The monoisotopic (exact) mass is 356 g/mol. The average molecular weight is 356 g/mol. The van der Waals surface area contributed by atoms with Crippen molar-refractivity contribution in [2.75, 3.05) is 19.6 Å². The van der Waals surface area contributed by atoms with Crippen LogP contribution in [0.3, 0.4) is 0 Å². The summed E-state index contributed by atoms with van der Waals surface area (Å²) in [5, 5.41) is 5.11. The summed E-state index contributed by atoms with van der Waals surface area (Å²) in [7, 11) is 0. The SMILES string of the molecule is O=C(CCC(=O)c1ccccc1)NCC(c1cccs1)N1CCCC1. The van der Waals surface area contributed by atoms with E-state index in [9.17, 15) is 9.59 Å². The number of thiophene rings is 1. The average Bonchev–Trinajstić information content (AvgIpc) is 3.35. The molecule has 5 heteroatoms. The maximum atomic E-state index is 12.2. The molecular weight excluding hydrogens is 332 g/mol. The zero-order valence-corrected chi connectivity index (χ0v) is 15.1. The molecule has 0 bridgehead atoms. The number of carbonyl (C=O) groups excluding carboxylic acids is 2. The van der Waals surface area contributed by atoms with Crippen molar-refractivity contribution in [3.63, 3.8) is 0 Å². The Morgan fingerprint density at radius 1 is 1.04 bits per heavy atom. The maximum absolute atomic E-state index is 12.2. The van der Waals surface area contributed by atoms with E-state index in [0.29, 0.717) is 12.1 Å². The van der Waals surface area contributed by atoms with Gasteiger partial charge in [0.05, 0.1) is 6.04 Å². The van der Waals surface area contributed by atoms with E-state index in [1.165, 1.54) is 17.7 Å². The van der Waals surface area contributed by atoms with E-state index in [1.54, 1.807) is 23.5 Å². The summed E-state index contributed by atoms with van der Waals surface area (Å²) in [4.78, 5) is 28.0. The third kappa shape index (κ3) is 5.00. The standard InChI is InChI=1S/C20H24N2O2S/c23-18(16-7-2-1-3-8-16)10-11-20(24)21-15-17(19-9-6-14-25-19)22-12-4-5-13-22/h1-3,6-9,14,17H,4-5,10-13,15H2,(H,21,24). The molecule has 4 nitrogen and oxygen atoms in total. The van der Waals surface area contributed by atoms with Gasteiger partial charge >= 0.3 is 0 Å². The number of likely N-dealkylation sites (tertiary alicyclic amines) is 1. The van der Waals surface area contributed by atoms with Gasteiger partial charge in [0.2, 0.25) is 5.91 Å². The molecule has 1 aromatic heterocycles. The van der Waals surface area contributed by atoms with Gasteiger partial charge < -0.3 is 5.32 Å². The summed E-state index contributed by atoms with van der Waals surface area (Å²) in [6, 6.07) is 13.6. The number of hydrogen-bond donors (Lipinski definition) is 1. The number of Topliss-reactive ketones (excluding diaryl/α,β-unsaturated/α-hetero) is 1. The Morgan fingerprint density at radius 3 is 2.48 bits per heavy atom. The predicted molar refractivity (Wildman–Crippen MR) is 101 cm³/mol. The number of ketones is 1. The minimum absolute atomic E-state index is 0.0186. The van der Waals surface area contributed by atoms with Crippen molar-refractivity contribution in [1.29, 1.82) is 0 Å². The van der Waals surface area contributed by atoms with Crippen LogP contribution in [0, 0.1) is 0 Å². The summed E-state index contributed by atoms with van der Waals surface area (Å²) in [5.74, 6) is -0.0323. The van der Waals surface area contributed by atoms with E-state index >= 15 is 0 Å². The molecule has 1 amide bonds. The predicted octanol–water partition coefficient (Wildman–Crippen LogP) is 3.66. The molecule has 1 atom stereocenters. The van der Waals surface area contributed by atoms with Crippen LogP contribution >= 0.6 is 11.3 Å². The Kier molecular flexibility index (Phi) is 6.36. The van der Waals surface area contributed by atoms with Gasteiger partial charge in [-0.2, -0.15) is 0 Å². The smallest absolute Gasteiger partial charge is 0.220 e. The molecular formula is C20H24N2O2S. The summed E-state index contributed by atoms with van der Waals surface area (Å²) < 4.78 is 0. The molecule has 2 aromatic rings. The second-order valence-corrected chi connectivity index (χ2v) is 7.35. The number of nitrogens with one attached hydrogen (secondary N) is 1. The quantitative estimate of drug-likeness (QED) is 0.734. The topological polar surface area (TPSA) is 49.4 Å². The fraction of sp³-hybridized carbons (Fsp3) is 0.400. The molecule has 25 heavy (non-hydrogen) atoms. The third-order valence-corrected chi connectivity index (χ3v) is 5.59. The van der Waals surface area contributed by atoms with E-state index in [-0.39, 0.29) is 30.6 Å². The van der Waals surface area contributed by atoms with Crippen molar-refractivity contribution in [3.8, 4) is 0 Å². The first kappa shape index (κ1) is 17.8. The minimum Gasteiger partial charge on any atom is -0.354 e. The second-order valence-electron chi connectivity index (χ2n) is 6.37. The van der Waals surface area contributed by atoms with E-state index in [0.717, 1.165) is 13.1 Å². The molecule has 0 spiro atoms. The van der Waals surface area contributed by atoms with E-state index in [4.69, 9.17) is 0 Å². The molecule has 2 heterocycles. The number of rotatable bonds is 8. The fourth-order valence-corrected chi connectivity index (χ4v) is 4.10. The van der Waals surface area contributed by atoms with Crippen molar-refractivity contribution in [3.05, 3.63) is 58.3 Å². The van der Waals surface area contributed by atoms with Crippen LogP contribution in [0.4, 0.5) is 0 Å². The van der Waals surface area contributed by atoms with Gasteiger partial charge in [-0.05, 0) is 37.4 Å².